The standard InChI is InChI=1S/C21H34N2O2/c1-5-18-8-6-9-20(14-18)25-13-7-12-22(4)15-19-10-11-21(24)23(16-19)17(2)3/h6,8-9,14,17,19H,5,7,10-13,15-16H2,1-4H3. The number of ether oxygens (including phenoxy) is 1. The number of hydrogen-bond acceptors (Lipinski definition) is 3. The van der Waals surface area contributed by atoms with Gasteiger partial charge in [-0.05, 0) is 63.8 Å². The first kappa shape index (κ1) is 19.8. The van der Waals surface area contributed by atoms with Crippen LogP contribution in [0.3, 0.4) is 0 Å². The molecule has 1 aromatic rings. The van der Waals surface area contributed by atoms with Gasteiger partial charge in [0.25, 0.3) is 0 Å². The van der Waals surface area contributed by atoms with Crippen LogP contribution in [0.15, 0.2) is 24.3 Å². The molecule has 0 bridgehead atoms. The molecule has 4 nitrogen and oxygen atoms in total. The normalized spacial score (nSPS) is 18.2. The average molecular weight is 347 g/mol. The van der Waals surface area contributed by atoms with Crippen LogP contribution in [0, 0.1) is 5.92 Å². The summed E-state index contributed by atoms with van der Waals surface area (Å²) in [6, 6.07) is 8.67. The van der Waals surface area contributed by atoms with E-state index in [-0.39, 0.29) is 0 Å². The molecule has 0 aliphatic carbocycles. The molecular formula is C21H34N2O2. The van der Waals surface area contributed by atoms with Crippen LogP contribution >= 0.6 is 0 Å². The molecule has 2 rings (SSSR count). The number of hydrogen-bond donors (Lipinski definition) is 0. The third kappa shape index (κ3) is 6.35. The minimum atomic E-state index is 0.313. The average Bonchev–Trinajstić information content (AvgIpc) is 2.60. The lowest BCUT2D eigenvalue weighted by Crippen LogP contribution is -2.46. The predicted octanol–water partition coefficient (Wildman–Crippen LogP) is 3.60. The van der Waals surface area contributed by atoms with Gasteiger partial charge in [0.1, 0.15) is 5.75 Å². The van der Waals surface area contributed by atoms with Crippen LogP contribution in [-0.2, 0) is 11.2 Å². The third-order valence-electron chi connectivity index (χ3n) is 4.99. The molecular weight excluding hydrogens is 312 g/mol. The minimum Gasteiger partial charge on any atom is -0.494 e. The quantitative estimate of drug-likeness (QED) is 0.641. The number of benzene rings is 1. The first-order valence-electron chi connectivity index (χ1n) is 9.69. The van der Waals surface area contributed by atoms with Gasteiger partial charge in [0.15, 0.2) is 0 Å². The fraction of sp³-hybridized carbons (Fsp3) is 0.667. The molecule has 1 aromatic carbocycles. The Morgan fingerprint density at radius 3 is 2.88 bits per heavy atom. The number of rotatable bonds is 9. The van der Waals surface area contributed by atoms with Gasteiger partial charge in [-0.1, -0.05) is 19.1 Å². The highest BCUT2D eigenvalue weighted by molar-refractivity contribution is 5.77. The number of amides is 1. The van der Waals surface area contributed by atoms with E-state index in [1.807, 2.05) is 11.0 Å². The van der Waals surface area contributed by atoms with Crippen LogP contribution in [0.25, 0.3) is 0 Å². The molecule has 1 fully saturated rings. The molecule has 1 saturated heterocycles. The fourth-order valence-corrected chi connectivity index (χ4v) is 3.50. The molecule has 1 atom stereocenters. The van der Waals surface area contributed by atoms with E-state index in [4.69, 9.17) is 4.74 Å². The Morgan fingerprint density at radius 1 is 1.36 bits per heavy atom. The summed E-state index contributed by atoms with van der Waals surface area (Å²) in [5.74, 6) is 1.88. The zero-order valence-electron chi connectivity index (χ0n) is 16.3. The molecule has 1 heterocycles. The molecule has 25 heavy (non-hydrogen) atoms. The van der Waals surface area contributed by atoms with Crippen molar-refractivity contribution < 1.29 is 9.53 Å². The number of likely N-dealkylation sites (tertiary alicyclic amines) is 1. The predicted molar refractivity (Wildman–Crippen MR) is 103 cm³/mol. The minimum absolute atomic E-state index is 0.313. The van der Waals surface area contributed by atoms with Crippen molar-refractivity contribution in [3.8, 4) is 5.75 Å². The second kappa shape index (κ2) is 9.81. The topological polar surface area (TPSA) is 32.8 Å². The Morgan fingerprint density at radius 2 is 2.16 bits per heavy atom. The Balaban J connectivity index is 1.66. The summed E-state index contributed by atoms with van der Waals surface area (Å²) in [6.07, 6.45) is 3.78. The number of piperidine rings is 1. The Labute approximate surface area is 153 Å². The zero-order valence-corrected chi connectivity index (χ0v) is 16.3. The number of aryl methyl sites for hydroxylation is 1. The van der Waals surface area contributed by atoms with Gasteiger partial charge in [0, 0.05) is 32.1 Å². The van der Waals surface area contributed by atoms with E-state index in [0.29, 0.717) is 24.3 Å². The van der Waals surface area contributed by atoms with E-state index < -0.39 is 0 Å². The molecule has 0 N–H and O–H groups in total. The Kier molecular flexibility index (Phi) is 7.76. The highest BCUT2D eigenvalue weighted by atomic mass is 16.5. The van der Waals surface area contributed by atoms with Crippen LogP contribution in [0.1, 0.15) is 45.6 Å². The van der Waals surface area contributed by atoms with E-state index in [2.05, 4.69) is 50.9 Å². The van der Waals surface area contributed by atoms with Crippen LogP contribution < -0.4 is 4.74 Å². The Hall–Kier alpha value is -1.55. The van der Waals surface area contributed by atoms with Gasteiger partial charge in [-0.15, -0.1) is 0 Å². The summed E-state index contributed by atoms with van der Waals surface area (Å²) in [5.41, 5.74) is 1.32. The summed E-state index contributed by atoms with van der Waals surface area (Å²) in [4.78, 5) is 16.4. The van der Waals surface area contributed by atoms with Crippen LogP contribution in [0.4, 0.5) is 0 Å². The molecule has 1 aliphatic rings. The van der Waals surface area contributed by atoms with E-state index >= 15 is 0 Å². The van der Waals surface area contributed by atoms with E-state index in [0.717, 1.165) is 51.3 Å². The summed E-state index contributed by atoms with van der Waals surface area (Å²) in [6.45, 7) is 10.1. The summed E-state index contributed by atoms with van der Waals surface area (Å²) in [7, 11) is 2.17. The largest absolute Gasteiger partial charge is 0.494 e. The van der Waals surface area contributed by atoms with Gasteiger partial charge in [-0.25, -0.2) is 0 Å². The molecule has 0 aromatic heterocycles. The van der Waals surface area contributed by atoms with Gasteiger partial charge in [0.2, 0.25) is 5.91 Å². The molecule has 0 radical (unpaired) electrons. The molecule has 0 saturated carbocycles. The van der Waals surface area contributed by atoms with Gasteiger partial charge in [-0.3, -0.25) is 4.79 Å². The third-order valence-corrected chi connectivity index (χ3v) is 4.99. The first-order valence-corrected chi connectivity index (χ1v) is 9.69. The molecule has 1 aliphatic heterocycles. The van der Waals surface area contributed by atoms with E-state index in [1.54, 1.807) is 0 Å². The lowest BCUT2D eigenvalue weighted by molar-refractivity contribution is -0.136. The number of nitrogens with zero attached hydrogens (tertiary/aromatic N) is 2. The summed E-state index contributed by atoms with van der Waals surface area (Å²) < 4.78 is 5.87. The van der Waals surface area contributed by atoms with Crippen molar-refractivity contribution >= 4 is 5.91 Å². The monoisotopic (exact) mass is 346 g/mol. The highest BCUT2D eigenvalue weighted by Crippen LogP contribution is 2.20. The van der Waals surface area contributed by atoms with Gasteiger partial charge in [0.05, 0.1) is 6.61 Å². The maximum atomic E-state index is 12.0. The van der Waals surface area contributed by atoms with Crippen molar-refractivity contribution in [2.24, 2.45) is 5.92 Å². The SMILES string of the molecule is CCc1cccc(OCCCN(C)CC2CCC(=O)N(C(C)C)C2)c1. The van der Waals surface area contributed by atoms with Crippen LogP contribution in [-0.4, -0.2) is 55.0 Å². The smallest absolute Gasteiger partial charge is 0.222 e. The maximum absolute atomic E-state index is 12.0. The van der Waals surface area contributed by atoms with Crippen molar-refractivity contribution in [2.45, 2.75) is 52.5 Å². The fourth-order valence-electron chi connectivity index (χ4n) is 3.50. The number of carbonyl (C=O) groups is 1. The maximum Gasteiger partial charge on any atom is 0.222 e. The second-order valence-corrected chi connectivity index (χ2v) is 7.51. The highest BCUT2D eigenvalue weighted by Gasteiger charge is 2.27. The van der Waals surface area contributed by atoms with Crippen molar-refractivity contribution in [3.63, 3.8) is 0 Å². The molecule has 1 unspecified atom stereocenters. The second-order valence-electron chi connectivity index (χ2n) is 7.51. The zero-order chi connectivity index (χ0) is 18.2. The molecule has 0 spiro atoms. The van der Waals surface area contributed by atoms with E-state index in [1.165, 1.54) is 5.56 Å². The number of carbonyl (C=O) groups excluding carboxylic acids is 1. The van der Waals surface area contributed by atoms with Gasteiger partial charge < -0.3 is 14.5 Å². The summed E-state index contributed by atoms with van der Waals surface area (Å²) >= 11 is 0. The lowest BCUT2D eigenvalue weighted by atomic mass is 9.96. The van der Waals surface area contributed by atoms with Crippen molar-refractivity contribution in [1.29, 1.82) is 0 Å². The van der Waals surface area contributed by atoms with Crippen molar-refractivity contribution in [3.05, 3.63) is 29.8 Å². The first-order chi connectivity index (χ1) is 12.0. The lowest BCUT2D eigenvalue weighted by Gasteiger charge is -2.37. The molecule has 4 heteroatoms. The van der Waals surface area contributed by atoms with Crippen LogP contribution in [0.5, 0.6) is 5.75 Å². The van der Waals surface area contributed by atoms with Crippen molar-refractivity contribution in [1.82, 2.24) is 9.80 Å². The van der Waals surface area contributed by atoms with Gasteiger partial charge >= 0.3 is 0 Å². The Bertz CT molecular complexity index is 544. The van der Waals surface area contributed by atoms with Gasteiger partial charge in [-0.2, -0.15) is 0 Å². The molecule has 140 valence electrons. The van der Waals surface area contributed by atoms with E-state index in [9.17, 15) is 4.79 Å². The van der Waals surface area contributed by atoms with Crippen molar-refractivity contribution in [2.75, 3.05) is 33.3 Å². The van der Waals surface area contributed by atoms with Crippen LogP contribution in [0.2, 0.25) is 0 Å². The summed E-state index contributed by atoms with van der Waals surface area (Å²) in [5, 5.41) is 0. The molecule has 1 amide bonds.